The maximum Gasteiger partial charge on any atom is 0.317 e. The van der Waals surface area contributed by atoms with E-state index in [1.54, 1.807) is 0 Å². The maximum atomic E-state index is 11.0. The number of carbonyl (C=O) groups excluding carboxylic acids is 4. The van der Waals surface area contributed by atoms with Crippen molar-refractivity contribution in [1.29, 1.82) is 0 Å². The van der Waals surface area contributed by atoms with E-state index >= 15 is 0 Å². The lowest BCUT2D eigenvalue weighted by atomic mass is 9.98. The number of rotatable bonds is 5. The van der Waals surface area contributed by atoms with Crippen molar-refractivity contribution in [2.75, 3.05) is 0 Å². The van der Waals surface area contributed by atoms with E-state index < -0.39 is 17.9 Å². The van der Waals surface area contributed by atoms with Gasteiger partial charge in [0.1, 0.15) is 0 Å². The Kier molecular flexibility index (Phi) is 7.55. The molecule has 0 bridgehead atoms. The Labute approximate surface area is 141 Å². The van der Waals surface area contributed by atoms with Gasteiger partial charge in [0.15, 0.2) is 0 Å². The summed E-state index contributed by atoms with van der Waals surface area (Å²) in [5.74, 6) is -2.09. The lowest BCUT2D eigenvalue weighted by Crippen LogP contribution is -2.07. The first-order chi connectivity index (χ1) is 11.3. The smallest absolute Gasteiger partial charge is 0.317 e. The summed E-state index contributed by atoms with van der Waals surface area (Å²) in [7, 11) is 0. The van der Waals surface area contributed by atoms with Gasteiger partial charge in [0.2, 0.25) is 0 Å². The van der Waals surface area contributed by atoms with Crippen LogP contribution in [0.1, 0.15) is 52.9 Å². The topological polar surface area (TPSA) is 86.7 Å². The van der Waals surface area contributed by atoms with E-state index in [2.05, 4.69) is 16.1 Å². The molecular formula is C18H24O6. The van der Waals surface area contributed by atoms with Crippen LogP contribution in [0.25, 0.3) is 0 Å². The zero-order chi connectivity index (χ0) is 18.3. The first-order valence-electron chi connectivity index (χ1n) is 8.04. The van der Waals surface area contributed by atoms with Gasteiger partial charge in [-0.15, -0.1) is 0 Å². The molecule has 2 unspecified atom stereocenters. The molecule has 0 saturated carbocycles. The van der Waals surface area contributed by atoms with E-state index in [0.29, 0.717) is 12.8 Å². The molecule has 132 valence electrons. The van der Waals surface area contributed by atoms with Crippen molar-refractivity contribution in [2.24, 2.45) is 11.8 Å². The zero-order valence-corrected chi connectivity index (χ0v) is 14.4. The van der Waals surface area contributed by atoms with Crippen molar-refractivity contribution < 1.29 is 28.7 Å². The average molecular weight is 336 g/mol. The fraction of sp³-hybridized carbons (Fsp3) is 0.556. The predicted molar refractivity (Wildman–Crippen MR) is 86.5 cm³/mol. The molecule has 0 N–H and O–H groups in total. The molecule has 2 rings (SSSR count). The standard InChI is InChI=1S/2C9H12O3/c2*1-3-6(2)4-7-5-8(10)12-9(7)11/h3,7H,4-5H2,1-2H3;7H,2-5H2,1H3. The summed E-state index contributed by atoms with van der Waals surface area (Å²) >= 11 is 0. The Morgan fingerprint density at radius 3 is 1.83 bits per heavy atom. The predicted octanol–water partition coefficient (Wildman–Crippen LogP) is 2.86. The van der Waals surface area contributed by atoms with Crippen LogP contribution in [0.5, 0.6) is 0 Å². The Morgan fingerprint density at radius 1 is 1.04 bits per heavy atom. The van der Waals surface area contributed by atoms with Crippen molar-refractivity contribution in [3.8, 4) is 0 Å². The van der Waals surface area contributed by atoms with Gasteiger partial charge in [0.05, 0.1) is 24.7 Å². The molecule has 2 heterocycles. The lowest BCUT2D eigenvalue weighted by molar-refractivity contribution is -0.154. The molecule has 6 nitrogen and oxygen atoms in total. The molecule has 2 saturated heterocycles. The van der Waals surface area contributed by atoms with E-state index in [-0.39, 0.29) is 30.6 Å². The first kappa shape index (κ1) is 19.8. The van der Waals surface area contributed by atoms with E-state index in [9.17, 15) is 19.2 Å². The molecule has 0 aliphatic carbocycles. The number of allylic oxidation sites excluding steroid dienone is 3. The molecule has 24 heavy (non-hydrogen) atoms. The minimum atomic E-state index is -0.408. The quantitative estimate of drug-likeness (QED) is 0.436. The largest absolute Gasteiger partial charge is 0.393 e. The molecule has 0 aromatic heterocycles. The number of ether oxygens (including phenoxy) is 2. The van der Waals surface area contributed by atoms with E-state index in [4.69, 9.17) is 0 Å². The Bertz CT molecular complexity index is 572. The van der Waals surface area contributed by atoms with Crippen LogP contribution in [0.2, 0.25) is 0 Å². The second kappa shape index (κ2) is 9.15. The highest BCUT2D eigenvalue weighted by molar-refractivity contribution is 5.95. The van der Waals surface area contributed by atoms with Gasteiger partial charge in [-0.2, -0.15) is 0 Å². The van der Waals surface area contributed by atoms with Crippen LogP contribution in [-0.4, -0.2) is 23.9 Å². The van der Waals surface area contributed by atoms with Crippen molar-refractivity contribution in [2.45, 2.75) is 52.9 Å². The van der Waals surface area contributed by atoms with Crippen LogP contribution in [0, 0.1) is 11.8 Å². The highest BCUT2D eigenvalue weighted by atomic mass is 16.6. The van der Waals surface area contributed by atoms with Crippen molar-refractivity contribution >= 4 is 23.9 Å². The summed E-state index contributed by atoms with van der Waals surface area (Å²) < 4.78 is 8.81. The van der Waals surface area contributed by atoms with Gasteiger partial charge in [-0.1, -0.05) is 30.7 Å². The number of hydrogen-bond donors (Lipinski definition) is 0. The maximum absolute atomic E-state index is 11.0. The van der Waals surface area contributed by atoms with Gasteiger partial charge < -0.3 is 9.47 Å². The third-order valence-corrected chi connectivity index (χ3v) is 4.02. The summed E-state index contributed by atoms with van der Waals surface area (Å²) in [6.07, 6.45) is 4.47. The highest BCUT2D eigenvalue weighted by Gasteiger charge is 2.33. The van der Waals surface area contributed by atoms with Crippen LogP contribution in [0.4, 0.5) is 0 Å². The minimum Gasteiger partial charge on any atom is -0.393 e. The SMILES string of the molecule is C=C(CC)CC1CC(=O)OC1=O.CC=C(C)CC1CC(=O)OC1=O. The van der Waals surface area contributed by atoms with Gasteiger partial charge in [0.25, 0.3) is 0 Å². The molecule has 2 fully saturated rings. The van der Waals surface area contributed by atoms with Crippen LogP contribution in [-0.2, 0) is 28.7 Å². The van der Waals surface area contributed by atoms with Crippen LogP contribution in [0.3, 0.4) is 0 Å². The van der Waals surface area contributed by atoms with E-state index in [0.717, 1.165) is 17.6 Å². The summed E-state index contributed by atoms with van der Waals surface area (Å²) in [4.78, 5) is 43.2. The average Bonchev–Trinajstić information content (AvgIpc) is 3.00. The Morgan fingerprint density at radius 2 is 1.50 bits per heavy atom. The second-order valence-corrected chi connectivity index (χ2v) is 6.04. The van der Waals surface area contributed by atoms with Gasteiger partial charge in [-0.3, -0.25) is 19.2 Å². The summed E-state index contributed by atoms with van der Waals surface area (Å²) in [6, 6.07) is 0. The summed E-state index contributed by atoms with van der Waals surface area (Å²) in [6.45, 7) is 9.61. The van der Waals surface area contributed by atoms with Gasteiger partial charge in [-0.25, -0.2) is 0 Å². The minimum absolute atomic E-state index is 0.220. The van der Waals surface area contributed by atoms with Gasteiger partial charge in [-0.05, 0) is 33.1 Å². The second-order valence-electron chi connectivity index (χ2n) is 6.04. The number of cyclic esters (lactones) is 4. The molecule has 2 atom stereocenters. The van der Waals surface area contributed by atoms with Gasteiger partial charge >= 0.3 is 23.9 Å². The lowest BCUT2D eigenvalue weighted by Gasteiger charge is -2.04. The molecule has 0 radical (unpaired) electrons. The first-order valence-corrected chi connectivity index (χ1v) is 8.04. The molecule has 0 aromatic rings. The third-order valence-electron chi connectivity index (χ3n) is 4.02. The van der Waals surface area contributed by atoms with Crippen LogP contribution < -0.4 is 0 Å². The highest BCUT2D eigenvalue weighted by Crippen LogP contribution is 2.24. The molecule has 0 amide bonds. The van der Waals surface area contributed by atoms with Crippen molar-refractivity contribution in [3.05, 3.63) is 23.8 Å². The zero-order valence-electron chi connectivity index (χ0n) is 14.4. The molecule has 0 aromatic carbocycles. The number of carbonyl (C=O) groups is 4. The molecule has 2 aliphatic rings. The van der Waals surface area contributed by atoms with Crippen LogP contribution >= 0.6 is 0 Å². The number of hydrogen-bond acceptors (Lipinski definition) is 6. The molecule has 6 heteroatoms. The Balaban J connectivity index is 0.000000240. The van der Waals surface area contributed by atoms with Gasteiger partial charge in [0, 0.05) is 0 Å². The number of esters is 4. The Hall–Kier alpha value is -2.24. The monoisotopic (exact) mass is 336 g/mol. The third kappa shape index (κ3) is 6.10. The van der Waals surface area contributed by atoms with E-state index in [1.807, 2.05) is 26.8 Å². The summed E-state index contributed by atoms with van der Waals surface area (Å²) in [5.41, 5.74) is 2.11. The fourth-order valence-corrected chi connectivity index (χ4v) is 2.35. The molecular weight excluding hydrogens is 312 g/mol. The van der Waals surface area contributed by atoms with Crippen molar-refractivity contribution in [1.82, 2.24) is 0 Å². The molecule has 2 aliphatic heterocycles. The summed E-state index contributed by atoms with van der Waals surface area (Å²) in [5, 5.41) is 0. The van der Waals surface area contributed by atoms with E-state index in [1.165, 1.54) is 0 Å². The normalized spacial score (nSPS) is 23.5. The van der Waals surface area contributed by atoms with Crippen LogP contribution in [0.15, 0.2) is 23.8 Å². The van der Waals surface area contributed by atoms with Crippen molar-refractivity contribution in [3.63, 3.8) is 0 Å². The fourth-order valence-electron chi connectivity index (χ4n) is 2.35. The molecule has 0 spiro atoms.